The summed E-state index contributed by atoms with van der Waals surface area (Å²) in [4.78, 5) is 4.06. The Balaban J connectivity index is 4.43. The Kier molecular flexibility index (Phi) is 5.30. The first-order valence-corrected chi connectivity index (χ1v) is 6.90. The van der Waals surface area contributed by atoms with Gasteiger partial charge < -0.3 is 4.99 Å². The van der Waals surface area contributed by atoms with Crippen LogP contribution < -0.4 is 0 Å². The van der Waals surface area contributed by atoms with Gasteiger partial charge in [0.25, 0.3) is 0 Å². The summed E-state index contributed by atoms with van der Waals surface area (Å²) in [6, 6.07) is 0. The highest BCUT2D eigenvalue weighted by atomic mass is 31.1. The maximum Gasteiger partial charge on any atom is 0.0273 e. The van der Waals surface area contributed by atoms with Gasteiger partial charge in [-0.2, -0.15) is 0 Å². The Labute approximate surface area is 91.1 Å². The molecule has 0 amide bonds. The van der Waals surface area contributed by atoms with E-state index in [-0.39, 0.29) is 7.92 Å². The van der Waals surface area contributed by atoms with Crippen molar-refractivity contribution in [2.45, 2.75) is 58.3 Å². The van der Waals surface area contributed by atoms with E-state index in [1.165, 1.54) is 6.16 Å². The molecule has 0 aromatic rings. The van der Waals surface area contributed by atoms with Crippen molar-refractivity contribution in [1.82, 2.24) is 0 Å². The fraction of sp³-hybridized carbons (Fsp3) is 0.917. The number of aliphatic imine (C=N–C) groups is 1. The molecule has 0 bridgehead atoms. The lowest BCUT2D eigenvalue weighted by Crippen LogP contribution is -2.26. The van der Waals surface area contributed by atoms with Gasteiger partial charge in [-0.05, 0) is 29.1 Å². The van der Waals surface area contributed by atoms with Gasteiger partial charge in [-0.3, -0.25) is 0 Å². The minimum atomic E-state index is 0.0544. The Bertz CT molecular complexity index is 169. The summed E-state index contributed by atoms with van der Waals surface area (Å²) in [5.41, 5.74) is 0. The van der Waals surface area contributed by atoms with Crippen LogP contribution in [0.1, 0.15) is 48.0 Å². The topological polar surface area (TPSA) is 12.4 Å². The van der Waals surface area contributed by atoms with Gasteiger partial charge >= 0.3 is 0 Å². The molecule has 0 aliphatic rings. The van der Waals surface area contributed by atoms with E-state index >= 15 is 0 Å². The second kappa shape index (κ2) is 5.26. The monoisotopic (exact) mass is 215 g/mol. The van der Waals surface area contributed by atoms with Crippen molar-refractivity contribution in [1.29, 1.82) is 0 Å². The van der Waals surface area contributed by atoms with E-state index in [4.69, 9.17) is 0 Å². The fourth-order valence-electron chi connectivity index (χ4n) is 1.99. The molecule has 0 rings (SSSR count). The first kappa shape index (κ1) is 14.1. The molecule has 0 N–H and O–H groups in total. The normalized spacial score (nSPS) is 14.3. The highest BCUT2D eigenvalue weighted by Gasteiger charge is 2.33. The van der Waals surface area contributed by atoms with Crippen molar-refractivity contribution in [2.75, 3.05) is 13.2 Å². The molecule has 0 aromatic carbocycles. The average molecular weight is 215 g/mol. The van der Waals surface area contributed by atoms with Gasteiger partial charge in [0.2, 0.25) is 0 Å². The molecule has 0 heterocycles. The molecule has 1 nitrogen and oxygen atoms in total. The second-order valence-electron chi connectivity index (χ2n) is 5.72. The highest BCUT2D eigenvalue weighted by Crippen LogP contribution is 2.59. The quantitative estimate of drug-likeness (QED) is 0.495. The molecular formula is C12H26NP. The minimum absolute atomic E-state index is 0.0544. The summed E-state index contributed by atoms with van der Waals surface area (Å²) in [6.07, 6.45) is 4.49. The zero-order valence-corrected chi connectivity index (χ0v) is 11.8. The third-order valence-electron chi connectivity index (χ3n) is 2.28. The van der Waals surface area contributed by atoms with Crippen molar-refractivity contribution >= 4 is 14.1 Å². The lowest BCUT2D eigenvalue weighted by atomic mass is 10.2. The van der Waals surface area contributed by atoms with Crippen LogP contribution in [-0.4, -0.2) is 29.7 Å². The molecular weight excluding hydrogens is 189 g/mol. The van der Waals surface area contributed by atoms with Crippen molar-refractivity contribution in [3.05, 3.63) is 0 Å². The summed E-state index contributed by atoms with van der Waals surface area (Å²) >= 11 is 0. The lowest BCUT2D eigenvalue weighted by Gasteiger charge is -2.41. The second-order valence-corrected chi connectivity index (χ2v) is 9.71. The van der Waals surface area contributed by atoms with E-state index in [1.54, 1.807) is 0 Å². The van der Waals surface area contributed by atoms with E-state index in [0.717, 1.165) is 6.42 Å². The first-order chi connectivity index (χ1) is 6.19. The van der Waals surface area contributed by atoms with Crippen molar-refractivity contribution < 1.29 is 0 Å². The van der Waals surface area contributed by atoms with Gasteiger partial charge in [-0.15, -0.1) is 0 Å². The van der Waals surface area contributed by atoms with E-state index in [9.17, 15) is 0 Å². The van der Waals surface area contributed by atoms with Crippen LogP contribution in [0, 0.1) is 0 Å². The zero-order chi connectivity index (χ0) is 11.4. The average Bonchev–Trinajstić information content (AvgIpc) is 1.92. The van der Waals surface area contributed by atoms with Crippen molar-refractivity contribution in [2.24, 2.45) is 4.99 Å². The Morgan fingerprint density at radius 3 is 1.71 bits per heavy atom. The van der Waals surface area contributed by atoms with Crippen LogP contribution in [0.2, 0.25) is 0 Å². The third kappa shape index (κ3) is 5.10. The highest BCUT2D eigenvalue weighted by molar-refractivity contribution is 7.60. The summed E-state index contributed by atoms with van der Waals surface area (Å²) < 4.78 is 0. The summed E-state index contributed by atoms with van der Waals surface area (Å²) in [6.45, 7) is 14.2. The van der Waals surface area contributed by atoms with Gasteiger partial charge in [0, 0.05) is 7.05 Å². The SMILES string of the molecule is CN=CCCP(C(C)(C)C)C(C)(C)C. The molecule has 14 heavy (non-hydrogen) atoms. The molecule has 0 radical (unpaired) electrons. The van der Waals surface area contributed by atoms with Gasteiger partial charge in [-0.25, -0.2) is 0 Å². The fourth-order valence-corrected chi connectivity index (χ4v) is 5.72. The van der Waals surface area contributed by atoms with Crippen LogP contribution in [0.5, 0.6) is 0 Å². The van der Waals surface area contributed by atoms with Gasteiger partial charge in [0.05, 0.1) is 0 Å². The molecule has 84 valence electrons. The summed E-state index contributed by atoms with van der Waals surface area (Å²) in [7, 11) is 1.91. The van der Waals surface area contributed by atoms with E-state index in [0.29, 0.717) is 10.3 Å². The van der Waals surface area contributed by atoms with Crippen LogP contribution in [0.4, 0.5) is 0 Å². The predicted molar refractivity (Wildman–Crippen MR) is 70.3 cm³/mol. The molecule has 0 saturated heterocycles. The molecule has 0 fully saturated rings. The molecule has 2 heteroatoms. The number of rotatable bonds is 3. The number of nitrogens with zero attached hydrogens (tertiary/aromatic N) is 1. The largest absolute Gasteiger partial charge is 0.301 e. The Hall–Kier alpha value is 0.100. The molecule has 0 saturated carbocycles. The van der Waals surface area contributed by atoms with Gasteiger partial charge in [-0.1, -0.05) is 49.5 Å². The van der Waals surface area contributed by atoms with Crippen LogP contribution in [0.25, 0.3) is 0 Å². The van der Waals surface area contributed by atoms with Gasteiger partial charge in [0.1, 0.15) is 0 Å². The maximum atomic E-state index is 4.06. The number of hydrogen-bond acceptors (Lipinski definition) is 1. The summed E-state index contributed by atoms with van der Waals surface area (Å²) in [5.74, 6) is 0. The molecule has 0 spiro atoms. The molecule has 0 atom stereocenters. The first-order valence-electron chi connectivity index (χ1n) is 5.38. The van der Waals surface area contributed by atoms with Crippen LogP contribution in [-0.2, 0) is 0 Å². The Morgan fingerprint density at radius 2 is 1.43 bits per heavy atom. The maximum absolute atomic E-state index is 4.06. The molecule has 0 aliphatic carbocycles. The zero-order valence-electron chi connectivity index (χ0n) is 10.9. The Morgan fingerprint density at radius 1 is 1.00 bits per heavy atom. The van der Waals surface area contributed by atoms with Gasteiger partial charge in [0.15, 0.2) is 0 Å². The van der Waals surface area contributed by atoms with Crippen LogP contribution in [0.15, 0.2) is 4.99 Å². The third-order valence-corrected chi connectivity index (χ3v) is 6.23. The lowest BCUT2D eigenvalue weighted by molar-refractivity contribution is 0.704. The van der Waals surface area contributed by atoms with Crippen molar-refractivity contribution in [3.63, 3.8) is 0 Å². The van der Waals surface area contributed by atoms with E-state index in [2.05, 4.69) is 46.5 Å². The molecule has 0 aromatic heterocycles. The van der Waals surface area contributed by atoms with E-state index in [1.807, 2.05) is 13.3 Å². The minimum Gasteiger partial charge on any atom is -0.301 e. The van der Waals surface area contributed by atoms with E-state index < -0.39 is 0 Å². The summed E-state index contributed by atoms with van der Waals surface area (Å²) in [5, 5.41) is 0.907. The standard InChI is InChI=1S/C12H26NP/c1-11(2,3)14(12(4,5)6)10-8-9-13-7/h9H,8,10H2,1-7H3. The van der Waals surface area contributed by atoms with Crippen LogP contribution >= 0.6 is 7.92 Å². The van der Waals surface area contributed by atoms with Crippen molar-refractivity contribution in [3.8, 4) is 0 Å². The predicted octanol–water partition coefficient (Wildman–Crippen LogP) is 4.16. The molecule has 0 aliphatic heterocycles. The van der Waals surface area contributed by atoms with Crippen LogP contribution in [0.3, 0.4) is 0 Å². The number of hydrogen-bond donors (Lipinski definition) is 0. The smallest absolute Gasteiger partial charge is 0.0273 e. The molecule has 0 unspecified atom stereocenters.